The first-order valence-corrected chi connectivity index (χ1v) is 12.0. The minimum absolute atomic E-state index is 0.0120. The summed E-state index contributed by atoms with van der Waals surface area (Å²) in [6.07, 6.45) is 1.52. The monoisotopic (exact) mass is 670 g/mol. The van der Waals surface area contributed by atoms with Crippen LogP contribution in [0.2, 0.25) is 5.02 Å². The molecule has 0 bridgehead atoms. The molecule has 31 heavy (non-hydrogen) atoms. The number of halogens is 4. The predicted octanol–water partition coefficient (Wildman–Crippen LogP) is 7.59. The van der Waals surface area contributed by atoms with Crippen molar-refractivity contribution in [1.82, 2.24) is 0 Å². The molecule has 8 heteroatoms. The van der Waals surface area contributed by atoms with Crippen molar-refractivity contribution >= 4 is 83.7 Å². The van der Waals surface area contributed by atoms with Crippen LogP contribution in [-0.2, 0) is 11.4 Å². The molecule has 0 aliphatic rings. The lowest BCUT2D eigenvalue weighted by atomic mass is 10.1. The van der Waals surface area contributed by atoms with Crippen LogP contribution >= 0.6 is 66.1 Å². The first kappa shape index (κ1) is 23.8. The number of ether oxygens (including phenoxy) is 1. The van der Waals surface area contributed by atoms with E-state index in [2.05, 4.69) is 59.8 Å². The smallest absolute Gasteiger partial charge is 0.266 e. The van der Waals surface area contributed by atoms with Crippen LogP contribution in [0.15, 0.2) is 75.2 Å². The van der Waals surface area contributed by atoms with E-state index in [0.717, 1.165) is 9.13 Å². The topological polar surface area (TPSA) is 62.1 Å². The van der Waals surface area contributed by atoms with Gasteiger partial charge in [0.05, 0.1) is 8.95 Å². The highest BCUT2D eigenvalue weighted by Gasteiger charge is 2.13. The van der Waals surface area contributed by atoms with Crippen LogP contribution in [0.3, 0.4) is 0 Å². The van der Waals surface area contributed by atoms with E-state index in [0.29, 0.717) is 37.6 Å². The highest BCUT2D eigenvalue weighted by atomic mass is 127. The van der Waals surface area contributed by atoms with Crippen LogP contribution in [0.5, 0.6) is 5.75 Å². The van der Waals surface area contributed by atoms with E-state index in [1.807, 2.05) is 42.5 Å². The molecule has 0 saturated carbocycles. The Morgan fingerprint density at radius 2 is 1.77 bits per heavy atom. The minimum atomic E-state index is -0.477. The van der Waals surface area contributed by atoms with Gasteiger partial charge in [0.2, 0.25) is 0 Å². The van der Waals surface area contributed by atoms with Gasteiger partial charge in [0, 0.05) is 19.8 Å². The van der Waals surface area contributed by atoms with Gasteiger partial charge in [-0.25, -0.2) is 0 Å². The van der Waals surface area contributed by atoms with Gasteiger partial charge >= 0.3 is 0 Å². The van der Waals surface area contributed by atoms with Gasteiger partial charge in [-0.3, -0.25) is 4.79 Å². The quantitative estimate of drug-likeness (QED) is 0.167. The van der Waals surface area contributed by atoms with Crippen LogP contribution in [0.4, 0.5) is 5.69 Å². The molecule has 0 atom stereocenters. The first-order valence-electron chi connectivity index (χ1n) is 8.91. The molecular formula is C23H14Br2ClIN2O2. The predicted molar refractivity (Wildman–Crippen MR) is 139 cm³/mol. The third kappa shape index (κ3) is 6.56. The lowest BCUT2D eigenvalue weighted by Gasteiger charge is -2.12. The van der Waals surface area contributed by atoms with Crippen LogP contribution in [-0.4, -0.2) is 5.91 Å². The van der Waals surface area contributed by atoms with Crippen LogP contribution in [0, 0.1) is 14.9 Å². The summed E-state index contributed by atoms with van der Waals surface area (Å²) >= 11 is 15.4. The molecule has 0 aromatic heterocycles. The molecule has 0 fully saturated rings. The second kappa shape index (κ2) is 11.1. The van der Waals surface area contributed by atoms with Crippen molar-refractivity contribution in [2.75, 3.05) is 5.32 Å². The van der Waals surface area contributed by atoms with E-state index in [-0.39, 0.29) is 5.57 Å². The number of hydrogen-bond acceptors (Lipinski definition) is 3. The molecule has 1 N–H and O–H groups in total. The lowest BCUT2D eigenvalue weighted by Crippen LogP contribution is -2.13. The fraction of sp³-hybridized carbons (Fsp3) is 0.0435. The van der Waals surface area contributed by atoms with Gasteiger partial charge in [-0.15, -0.1) is 0 Å². The number of hydrogen-bond donors (Lipinski definition) is 1. The Hall–Kier alpha value is -1.86. The Morgan fingerprint density at radius 1 is 1.13 bits per heavy atom. The maximum absolute atomic E-state index is 12.5. The maximum atomic E-state index is 12.5. The molecular weight excluding hydrogens is 658 g/mol. The molecule has 3 aromatic rings. The largest absolute Gasteiger partial charge is 0.486 e. The summed E-state index contributed by atoms with van der Waals surface area (Å²) in [5, 5.41) is 12.8. The van der Waals surface area contributed by atoms with Gasteiger partial charge in [0.1, 0.15) is 24.0 Å². The summed E-state index contributed by atoms with van der Waals surface area (Å²) in [7, 11) is 0. The molecule has 0 unspecified atom stereocenters. The number of amides is 1. The maximum Gasteiger partial charge on any atom is 0.266 e. The van der Waals surface area contributed by atoms with Crippen LogP contribution in [0.1, 0.15) is 11.1 Å². The van der Waals surface area contributed by atoms with Gasteiger partial charge < -0.3 is 10.1 Å². The van der Waals surface area contributed by atoms with E-state index in [4.69, 9.17) is 16.3 Å². The summed E-state index contributed by atoms with van der Waals surface area (Å²) in [4.78, 5) is 12.5. The van der Waals surface area contributed by atoms with Crippen molar-refractivity contribution in [3.8, 4) is 11.8 Å². The summed E-state index contributed by atoms with van der Waals surface area (Å²) < 4.78 is 8.32. The second-order valence-corrected chi connectivity index (χ2v) is 9.69. The second-order valence-electron chi connectivity index (χ2n) is 6.32. The normalized spacial score (nSPS) is 11.0. The van der Waals surface area contributed by atoms with E-state index in [1.54, 1.807) is 24.3 Å². The standard InChI is InChI=1S/C23H14Br2ClIN2O2/c24-19-10-14(9-16(12-28)23(30)29-18-7-5-17(27)6-8-18)11-20(25)22(19)31-13-15-3-1-2-4-21(15)26/h1-11H,13H2,(H,29,30)/b16-9+. The Balaban J connectivity index is 1.77. The average molecular weight is 673 g/mol. The van der Waals surface area contributed by atoms with Gasteiger partial charge in [-0.2, -0.15) is 5.26 Å². The van der Waals surface area contributed by atoms with Crippen molar-refractivity contribution in [1.29, 1.82) is 5.26 Å². The van der Waals surface area contributed by atoms with Crippen molar-refractivity contribution in [3.63, 3.8) is 0 Å². The Morgan fingerprint density at radius 3 is 2.39 bits per heavy atom. The van der Waals surface area contributed by atoms with Crippen molar-refractivity contribution in [2.45, 2.75) is 6.61 Å². The molecule has 1 amide bonds. The van der Waals surface area contributed by atoms with Crippen molar-refractivity contribution in [2.24, 2.45) is 0 Å². The third-order valence-electron chi connectivity index (χ3n) is 4.13. The lowest BCUT2D eigenvalue weighted by molar-refractivity contribution is -0.112. The summed E-state index contributed by atoms with van der Waals surface area (Å²) in [5.74, 6) is 0.119. The molecule has 4 nitrogen and oxygen atoms in total. The average Bonchev–Trinajstić information content (AvgIpc) is 2.74. The molecule has 0 radical (unpaired) electrons. The highest BCUT2D eigenvalue weighted by molar-refractivity contribution is 14.1. The van der Waals surface area contributed by atoms with Crippen LogP contribution < -0.4 is 10.1 Å². The SMILES string of the molecule is N#C/C(=C\c1cc(Br)c(OCc2ccccc2Cl)c(Br)c1)C(=O)Nc1ccc(I)cc1. The summed E-state index contributed by atoms with van der Waals surface area (Å²) in [6.45, 7) is 0.300. The van der Waals surface area contributed by atoms with Gasteiger partial charge in [0.25, 0.3) is 5.91 Å². The molecule has 0 aliphatic heterocycles. The van der Waals surface area contributed by atoms with Gasteiger partial charge in [-0.05, 0) is 109 Å². The number of nitriles is 1. The Kier molecular flexibility index (Phi) is 8.55. The summed E-state index contributed by atoms with van der Waals surface area (Å²) in [6, 6.07) is 20.3. The van der Waals surface area contributed by atoms with Crippen molar-refractivity contribution < 1.29 is 9.53 Å². The van der Waals surface area contributed by atoms with E-state index < -0.39 is 5.91 Å². The molecule has 3 rings (SSSR count). The fourth-order valence-corrected chi connectivity index (χ4v) is 4.61. The Bertz CT molecular complexity index is 1170. The molecule has 0 aliphatic carbocycles. The first-order chi connectivity index (χ1) is 14.9. The highest BCUT2D eigenvalue weighted by Crippen LogP contribution is 2.36. The van der Waals surface area contributed by atoms with E-state index >= 15 is 0 Å². The van der Waals surface area contributed by atoms with Gasteiger partial charge in [-0.1, -0.05) is 29.8 Å². The zero-order valence-corrected chi connectivity index (χ0v) is 21.9. The molecule has 3 aromatic carbocycles. The third-order valence-corrected chi connectivity index (χ3v) is 6.39. The molecule has 0 spiro atoms. The fourth-order valence-electron chi connectivity index (χ4n) is 2.61. The Labute approximate surface area is 215 Å². The van der Waals surface area contributed by atoms with E-state index in [1.165, 1.54) is 6.08 Å². The van der Waals surface area contributed by atoms with E-state index in [9.17, 15) is 10.1 Å². The number of nitrogens with one attached hydrogen (secondary N) is 1. The number of anilines is 1. The number of nitrogens with zero attached hydrogens (tertiary/aromatic N) is 1. The zero-order chi connectivity index (χ0) is 22.4. The molecule has 0 heterocycles. The minimum Gasteiger partial charge on any atom is -0.486 e. The van der Waals surface area contributed by atoms with Gasteiger partial charge in [0.15, 0.2) is 0 Å². The summed E-state index contributed by atoms with van der Waals surface area (Å²) in [5.41, 5.74) is 2.14. The zero-order valence-electron chi connectivity index (χ0n) is 15.8. The molecule has 156 valence electrons. The number of carbonyl (C=O) groups is 1. The van der Waals surface area contributed by atoms with Crippen molar-refractivity contribution in [3.05, 3.63) is 94.9 Å². The number of rotatable bonds is 6. The van der Waals surface area contributed by atoms with Crippen LogP contribution in [0.25, 0.3) is 6.08 Å². The molecule has 0 saturated heterocycles. The number of benzene rings is 3. The number of carbonyl (C=O) groups excluding carboxylic acids is 1.